The minimum atomic E-state index is -0.331. The number of halogens is 1. The van der Waals surface area contributed by atoms with E-state index in [2.05, 4.69) is 15.1 Å². The predicted octanol–water partition coefficient (Wildman–Crippen LogP) is 2.58. The quantitative estimate of drug-likeness (QED) is 0.569. The lowest BCUT2D eigenvalue weighted by atomic mass is 10.1. The summed E-state index contributed by atoms with van der Waals surface area (Å²) in [6.07, 6.45) is 5.21. The fourth-order valence-corrected chi connectivity index (χ4v) is 3.05. The van der Waals surface area contributed by atoms with Crippen LogP contribution in [0.2, 0.25) is 0 Å². The molecule has 0 atom stereocenters. The normalized spacial score (nSPS) is 14.5. The molecule has 1 aromatic carbocycles. The number of rotatable bonds is 2. The van der Waals surface area contributed by atoms with Crippen LogP contribution in [0.25, 0.3) is 27.9 Å². The molecule has 0 spiro atoms. The Morgan fingerprint density at radius 2 is 1.92 bits per heavy atom. The van der Waals surface area contributed by atoms with Crippen LogP contribution < -0.4 is 5.56 Å². The Hall–Kier alpha value is -3.09. The van der Waals surface area contributed by atoms with Gasteiger partial charge in [-0.3, -0.25) is 4.79 Å². The molecule has 3 aromatic heterocycles. The molecule has 5 rings (SSSR count). The van der Waals surface area contributed by atoms with Crippen LogP contribution in [0.5, 0.6) is 0 Å². The van der Waals surface area contributed by atoms with Gasteiger partial charge >= 0.3 is 0 Å². The highest BCUT2D eigenvalue weighted by Gasteiger charge is 2.26. The maximum atomic E-state index is 13.3. The largest absolute Gasteiger partial charge is 0.312 e. The smallest absolute Gasteiger partial charge is 0.262 e. The molecule has 0 aliphatic heterocycles. The fourth-order valence-electron chi connectivity index (χ4n) is 3.05. The lowest BCUT2D eigenvalue weighted by Gasteiger charge is -2.11. The van der Waals surface area contributed by atoms with Crippen molar-refractivity contribution < 1.29 is 4.39 Å². The molecule has 0 unspecified atom stereocenters. The van der Waals surface area contributed by atoms with Crippen molar-refractivity contribution in [2.45, 2.75) is 18.9 Å². The lowest BCUT2D eigenvalue weighted by molar-refractivity contribution is 0.628. The third-order valence-electron chi connectivity index (χ3n) is 4.35. The Bertz CT molecular complexity index is 1140. The van der Waals surface area contributed by atoms with Crippen molar-refractivity contribution in [3.8, 4) is 11.3 Å². The Labute approximate surface area is 135 Å². The molecule has 1 aliphatic carbocycles. The molecule has 118 valence electrons. The van der Waals surface area contributed by atoms with E-state index in [1.54, 1.807) is 22.9 Å². The van der Waals surface area contributed by atoms with E-state index in [4.69, 9.17) is 0 Å². The van der Waals surface area contributed by atoms with Gasteiger partial charge in [-0.15, -0.1) is 0 Å². The molecule has 3 heterocycles. The van der Waals surface area contributed by atoms with E-state index in [9.17, 15) is 9.18 Å². The summed E-state index contributed by atoms with van der Waals surface area (Å²) in [4.78, 5) is 21.6. The molecule has 0 saturated heterocycles. The molecule has 24 heavy (non-hydrogen) atoms. The summed E-state index contributed by atoms with van der Waals surface area (Å²) >= 11 is 0. The zero-order chi connectivity index (χ0) is 16.3. The van der Waals surface area contributed by atoms with Gasteiger partial charge in [0.1, 0.15) is 12.1 Å². The monoisotopic (exact) mass is 321 g/mol. The van der Waals surface area contributed by atoms with Gasteiger partial charge in [-0.2, -0.15) is 14.6 Å². The average Bonchev–Trinajstić information content (AvgIpc) is 3.31. The van der Waals surface area contributed by atoms with E-state index < -0.39 is 0 Å². The zero-order valence-corrected chi connectivity index (χ0v) is 12.6. The highest BCUT2D eigenvalue weighted by molar-refractivity contribution is 5.93. The van der Waals surface area contributed by atoms with Crippen LogP contribution in [0.15, 0.2) is 47.7 Å². The molecule has 1 saturated carbocycles. The summed E-state index contributed by atoms with van der Waals surface area (Å²) in [5.41, 5.74) is 1.76. The number of hydrogen-bond acceptors (Lipinski definition) is 4. The summed E-state index contributed by atoms with van der Waals surface area (Å²) in [5.74, 6) is 0.0766. The summed E-state index contributed by atoms with van der Waals surface area (Å²) < 4.78 is 16.6. The van der Waals surface area contributed by atoms with Gasteiger partial charge in [0.25, 0.3) is 11.3 Å². The number of hydrogen-bond donors (Lipinski definition) is 0. The Morgan fingerprint density at radius 3 is 2.67 bits per heavy atom. The second-order valence-electron chi connectivity index (χ2n) is 5.96. The summed E-state index contributed by atoms with van der Waals surface area (Å²) in [5, 5.41) is 4.68. The highest BCUT2D eigenvalue weighted by atomic mass is 19.1. The van der Waals surface area contributed by atoms with Crippen molar-refractivity contribution in [2.24, 2.45) is 0 Å². The standard InChI is InChI=1S/C17H12FN5O/c18-11-3-1-10(2-4-11)15-14-13(21-17-19-9-20-23(15)17)7-8-22(16(14)24)12-5-6-12/h1-4,7-9,12H,5-6H2. The molecule has 6 nitrogen and oxygen atoms in total. The predicted molar refractivity (Wildman–Crippen MR) is 86.2 cm³/mol. The number of pyridine rings is 1. The van der Waals surface area contributed by atoms with Crippen LogP contribution in [0, 0.1) is 5.82 Å². The van der Waals surface area contributed by atoms with E-state index in [-0.39, 0.29) is 17.4 Å². The van der Waals surface area contributed by atoms with Gasteiger partial charge in [-0.25, -0.2) is 9.37 Å². The van der Waals surface area contributed by atoms with E-state index >= 15 is 0 Å². The summed E-state index contributed by atoms with van der Waals surface area (Å²) in [6, 6.07) is 8.10. The first kappa shape index (κ1) is 13.4. The van der Waals surface area contributed by atoms with Crippen LogP contribution in [0.1, 0.15) is 18.9 Å². The Balaban J connectivity index is 1.95. The second-order valence-corrected chi connectivity index (χ2v) is 5.96. The first-order chi connectivity index (χ1) is 11.7. The molecule has 0 N–H and O–H groups in total. The van der Waals surface area contributed by atoms with Gasteiger partial charge < -0.3 is 4.57 Å². The SMILES string of the molecule is O=c1c2c(-c3ccc(F)cc3)n3ncnc3nc2ccn1C1CC1. The number of fused-ring (bicyclic) bond motifs is 2. The topological polar surface area (TPSA) is 65.1 Å². The van der Waals surface area contributed by atoms with Crippen molar-refractivity contribution in [2.75, 3.05) is 0 Å². The van der Waals surface area contributed by atoms with Crippen LogP contribution in [-0.4, -0.2) is 24.1 Å². The number of benzene rings is 1. The average molecular weight is 321 g/mol. The van der Waals surface area contributed by atoms with Crippen molar-refractivity contribution in [1.82, 2.24) is 24.1 Å². The fraction of sp³-hybridized carbons (Fsp3) is 0.176. The van der Waals surface area contributed by atoms with Crippen molar-refractivity contribution >= 4 is 16.7 Å². The summed E-state index contributed by atoms with van der Waals surface area (Å²) in [6.45, 7) is 0. The third kappa shape index (κ3) is 1.87. The van der Waals surface area contributed by atoms with E-state index in [1.165, 1.54) is 23.0 Å². The van der Waals surface area contributed by atoms with Crippen molar-refractivity contribution in [1.29, 1.82) is 0 Å². The molecule has 0 bridgehead atoms. The molecular weight excluding hydrogens is 309 g/mol. The van der Waals surface area contributed by atoms with Gasteiger partial charge in [-0.05, 0) is 43.2 Å². The molecule has 7 heteroatoms. The van der Waals surface area contributed by atoms with Gasteiger partial charge in [0, 0.05) is 17.8 Å². The molecule has 4 aromatic rings. The van der Waals surface area contributed by atoms with Crippen molar-refractivity contribution in [3.05, 3.63) is 59.0 Å². The second kappa shape index (κ2) is 4.70. The molecular formula is C17H12FN5O. The Kier molecular flexibility index (Phi) is 2.62. The van der Waals surface area contributed by atoms with Crippen LogP contribution in [0.3, 0.4) is 0 Å². The van der Waals surface area contributed by atoms with E-state index in [0.29, 0.717) is 27.9 Å². The molecule has 1 fully saturated rings. The molecule has 0 amide bonds. The maximum Gasteiger partial charge on any atom is 0.262 e. The minimum Gasteiger partial charge on any atom is -0.312 e. The van der Waals surface area contributed by atoms with Crippen LogP contribution in [0.4, 0.5) is 4.39 Å². The highest BCUT2D eigenvalue weighted by Crippen LogP contribution is 2.34. The number of aromatic nitrogens is 5. The lowest BCUT2D eigenvalue weighted by Crippen LogP contribution is -2.20. The first-order valence-corrected chi connectivity index (χ1v) is 7.73. The van der Waals surface area contributed by atoms with Crippen LogP contribution in [-0.2, 0) is 0 Å². The number of nitrogens with zero attached hydrogens (tertiary/aromatic N) is 5. The van der Waals surface area contributed by atoms with Crippen LogP contribution >= 0.6 is 0 Å². The summed E-state index contributed by atoms with van der Waals surface area (Å²) in [7, 11) is 0. The minimum absolute atomic E-state index is 0.0979. The van der Waals surface area contributed by atoms with Gasteiger partial charge in [0.2, 0.25) is 0 Å². The maximum absolute atomic E-state index is 13.3. The van der Waals surface area contributed by atoms with E-state index in [0.717, 1.165) is 12.8 Å². The Morgan fingerprint density at radius 1 is 1.12 bits per heavy atom. The molecule has 0 radical (unpaired) electrons. The van der Waals surface area contributed by atoms with Crippen molar-refractivity contribution in [3.63, 3.8) is 0 Å². The first-order valence-electron chi connectivity index (χ1n) is 7.73. The van der Waals surface area contributed by atoms with Gasteiger partial charge in [0.05, 0.1) is 16.6 Å². The van der Waals surface area contributed by atoms with Gasteiger partial charge in [-0.1, -0.05) is 0 Å². The third-order valence-corrected chi connectivity index (χ3v) is 4.35. The van der Waals surface area contributed by atoms with Gasteiger partial charge in [0.15, 0.2) is 0 Å². The molecule has 1 aliphatic rings. The van der Waals surface area contributed by atoms with E-state index in [1.807, 2.05) is 6.07 Å². The zero-order valence-electron chi connectivity index (χ0n) is 12.6.